The van der Waals surface area contributed by atoms with E-state index in [0.717, 1.165) is 6.42 Å². The van der Waals surface area contributed by atoms with E-state index in [1.165, 1.54) is 11.1 Å². The topological polar surface area (TPSA) is 0 Å². The van der Waals surface area contributed by atoms with Gasteiger partial charge < -0.3 is 0 Å². The zero-order chi connectivity index (χ0) is 14.4. The molecule has 0 saturated carbocycles. The lowest BCUT2D eigenvalue weighted by Crippen LogP contribution is -2.33. The Kier molecular flexibility index (Phi) is 4.57. The molecule has 0 N–H and O–H groups in total. The monoisotopic (exact) mass is 262 g/mol. The highest BCUT2D eigenvalue weighted by atomic mass is 14.4. The molecule has 20 heavy (non-hydrogen) atoms. The molecule has 2 rings (SSSR count). The number of allylic oxidation sites excluding steroid dienone is 8. The summed E-state index contributed by atoms with van der Waals surface area (Å²) < 4.78 is 0. The minimum absolute atomic E-state index is 0.0849. The van der Waals surface area contributed by atoms with Gasteiger partial charge in [0, 0.05) is 5.41 Å². The lowest BCUT2D eigenvalue weighted by molar-refractivity contribution is 0.414. The van der Waals surface area contributed by atoms with Crippen molar-refractivity contribution >= 4 is 0 Å². The standard InChI is InChI=1S/C20H22/c1-4-12-17(5-2)20(3,18-13-8-6-9-14-18)19-15-10-7-11-16-19/h4-15,19H,1-2,16H2,3H3/b17-12+/t19-,20?/m1/s1. The Hall–Kier alpha value is -2.08. The van der Waals surface area contributed by atoms with Crippen LogP contribution in [0.3, 0.4) is 0 Å². The van der Waals surface area contributed by atoms with E-state index in [2.05, 4.69) is 80.8 Å². The van der Waals surface area contributed by atoms with Crippen LogP contribution in [0.15, 0.2) is 91.6 Å². The zero-order valence-electron chi connectivity index (χ0n) is 12.1. The van der Waals surface area contributed by atoms with Crippen LogP contribution in [-0.2, 0) is 5.41 Å². The van der Waals surface area contributed by atoms with Gasteiger partial charge in [-0.05, 0) is 23.5 Å². The highest BCUT2D eigenvalue weighted by Crippen LogP contribution is 2.43. The first-order valence-electron chi connectivity index (χ1n) is 7.08. The molecule has 1 unspecified atom stereocenters. The van der Waals surface area contributed by atoms with Crippen LogP contribution < -0.4 is 0 Å². The number of rotatable bonds is 5. The minimum atomic E-state index is -0.0849. The average molecular weight is 262 g/mol. The summed E-state index contributed by atoms with van der Waals surface area (Å²) in [5.74, 6) is 0.430. The summed E-state index contributed by atoms with van der Waals surface area (Å²) in [7, 11) is 0. The Balaban J connectivity index is 2.56. The molecule has 1 aliphatic rings. The van der Waals surface area contributed by atoms with Crippen molar-refractivity contribution in [2.75, 3.05) is 0 Å². The SMILES string of the molecule is C=C/C=C(\C=C)C(C)(c1ccccc1)[C@@H]1C=CC=CC1. The molecule has 0 bridgehead atoms. The Labute approximate surface area is 122 Å². The lowest BCUT2D eigenvalue weighted by atomic mass is 9.64. The summed E-state index contributed by atoms with van der Waals surface area (Å²) >= 11 is 0. The normalized spacial score (nSPS) is 21.2. The van der Waals surface area contributed by atoms with E-state index >= 15 is 0 Å². The van der Waals surface area contributed by atoms with Crippen molar-refractivity contribution in [1.82, 2.24) is 0 Å². The molecule has 0 heterocycles. The summed E-state index contributed by atoms with van der Waals surface area (Å²) in [6.45, 7) is 10.2. The third-order valence-electron chi connectivity index (χ3n) is 4.21. The maximum Gasteiger partial charge on any atom is 0.0240 e. The molecule has 0 nitrogen and oxygen atoms in total. The van der Waals surface area contributed by atoms with Gasteiger partial charge in [0.1, 0.15) is 0 Å². The second kappa shape index (κ2) is 6.38. The van der Waals surface area contributed by atoms with Gasteiger partial charge in [-0.15, -0.1) is 0 Å². The van der Waals surface area contributed by atoms with Crippen molar-refractivity contribution < 1.29 is 0 Å². The minimum Gasteiger partial charge on any atom is -0.0991 e. The number of hydrogen-bond donors (Lipinski definition) is 0. The molecule has 0 aliphatic heterocycles. The Morgan fingerprint density at radius 3 is 2.50 bits per heavy atom. The van der Waals surface area contributed by atoms with Gasteiger partial charge in [-0.3, -0.25) is 0 Å². The molecule has 102 valence electrons. The first-order valence-corrected chi connectivity index (χ1v) is 7.08. The fourth-order valence-electron chi connectivity index (χ4n) is 2.97. The summed E-state index contributed by atoms with van der Waals surface area (Å²) in [4.78, 5) is 0. The first-order chi connectivity index (χ1) is 9.73. The van der Waals surface area contributed by atoms with Crippen LogP contribution in [0.25, 0.3) is 0 Å². The van der Waals surface area contributed by atoms with Crippen LogP contribution in [0, 0.1) is 5.92 Å². The number of benzene rings is 1. The fraction of sp³-hybridized carbons (Fsp3) is 0.200. The summed E-state index contributed by atoms with van der Waals surface area (Å²) in [5, 5.41) is 0. The van der Waals surface area contributed by atoms with Gasteiger partial charge in [0.05, 0.1) is 0 Å². The van der Waals surface area contributed by atoms with Gasteiger partial charge in [0.2, 0.25) is 0 Å². The molecule has 0 heteroatoms. The Morgan fingerprint density at radius 2 is 1.95 bits per heavy atom. The predicted octanol–water partition coefficient (Wildman–Crippen LogP) is 5.38. The zero-order valence-corrected chi connectivity index (χ0v) is 12.1. The van der Waals surface area contributed by atoms with E-state index in [0.29, 0.717) is 5.92 Å². The third kappa shape index (κ3) is 2.60. The average Bonchev–Trinajstić information content (AvgIpc) is 2.53. The third-order valence-corrected chi connectivity index (χ3v) is 4.21. The van der Waals surface area contributed by atoms with E-state index in [9.17, 15) is 0 Å². The van der Waals surface area contributed by atoms with Crippen molar-refractivity contribution in [3.63, 3.8) is 0 Å². The van der Waals surface area contributed by atoms with Crippen molar-refractivity contribution in [2.45, 2.75) is 18.8 Å². The van der Waals surface area contributed by atoms with Gasteiger partial charge in [0.15, 0.2) is 0 Å². The molecule has 0 amide bonds. The molecule has 1 aromatic rings. The molecule has 0 radical (unpaired) electrons. The maximum absolute atomic E-state index is 4.01. The molecule has 0 spiro atoms. The lowest BCUT2D eigenvalue weighted by Gasteiger charge is -2.38. The van der Waals surface area contributed by atoms with E-state index in [-0.39, 0.29) is 5.41 Å². The largest absolute Gasteiger partial charge is 0.0991 e. The summed E-state index contributed by atoms with van der Waals surface area (Å²) in [6.07, 6.45) is 15.7. The molecule has 1 aromatic carbocycles. The second-order valence-corrected chi connectivity index (χ2v) is 5.29. The number of hydrogen-bond acceptors (Lipinski definition) is 0. The molecule has 1 aliphatic carbocycles. The molecule has 2 atom stereocenters. The van der Waals surface area contributed by atoms with Crippen LogP contribution in [0.1, 0.15) is 18.9 Å². The van der Waals surface area contributed by atoms with Gasteiger partial charge in [0.25, 0.3) is 0 Å². The van der Waals surface area contributed by atoms with Gasteiger partial charge in [-0.1, -0.05) is 92.9 Å². The quantitative estimate of drug-likeness (QED) is 0.625. The smallest absolute Gasteiger partial charge is 0.0240 e. The predicted molar refractivity (Wildman–Crippen MR) is 88.7 cm³/mol. The highest BCUT2D eigenvalue weighted by Gasteiger charge is 2.36. The molecular formula is C20H22. The Morgan fingerprint density at radius 1 is 1.20 bits per heavy atom. The van der Waals surface area contributed by atoms with Crippen LogP contribution in [-0.4, -0.2) is 0 Å². The summed E-state index contributed by atoms with van der Waals surface area (Å²) in [6, 6.07) is 10.7. The van der Waals surface area contributed by atoms with E-state index < -0.39 is 0 Å². The Bertz CT molecular complexity index is 557. The first kappa shape index (κ1) is 14.3. The molecule has 0 aromatic heterocycles. The van der Waals surface area contributed by atoms with Gasteiger partial charge in [-0.25, -0.2) is 0 Å². The fourth-order valence-corrected chi connectivity index (χ4v) is 2.97. The highest BCUT2D eigenvalue weighted by molar-refractivity contribution is 5.44. The summed E-state index contributed by atoms with van der Waals surface area (Å²) in [5.41, 5.74) is 2.44. The van der Waals surface area contributed by atoms with E-state index in [1.807, 2.05) is 12.2 Å². The second-order valence-electron chi connectivity index (χ2n) is 5.29. The van der Waals surface area contributed by atoms with Crippen LogP contribution in [0.5, 0.6) is 0 Å². The van der Waals surface area contributed by atoms with Gasteiger partial charge >= 0.3 is 0 Å². The van der Waals surface area contributed by atoms with E-state index in [1.54, 1.807) is 0 Å². The van der Waals surface area contributed by atoms with E-state index in [4.69, 9.17) is 0 Å². The van der Waals surface area contributed by atoms with Crippen LogP contribution in [0.2, 0.25) is 0 Å². The molecular weight excluding hydrogens is 240 g/mol. The van der Waals surface area contributed by atoms with Crippen molar-refractivity contribution in [3.8, 4) is 0 Å². The van der Waals surface area contributed by atoms with Gasteiger partial charge in [-0.2, -0.15) is 0 Å². The maximum atomic E-state index is 4.01. The van der Waals surface area contributed by atoms with Crippen LogP contribution in [0.4, 0.5) is 0 Å². The molecule has 0 fully saturated rings. The van der Waals surface area contributed by atoms with Crippen LogP contribution >= 0.6 is 0 Å². The van der Waals surface area contributed by atoms with Crippen molar-refractivity contribution in [1.29, 1.82) is 0 Å². The van der Waals surface area contributed by atoms with Crippen molar-refractivity contribution in [2.24, 2.45) is 5.92 Å². The van der Waals surface area contributed by atoms with Crippen molar-refractivity contribution in [3.05, 3.63) is 97.2 Å². The molecule has 0 saturated heterocycles.